The molecular weight excluding hydrogens is 347 g/mol. The van der Waals surface area contributed by atoms with Crippen LogP contribution in [0.3, 0.4) is 0 Å². The van der Waals surface area contributed by atoms with Crippen LogP contribution in [0.25, 0.3) is 10.6 Å². The van der Waals surface area contributed by atoms with Gasteiger partial charge in [-0.15, -0.1) is 11.3 Å². The first kappa shape index (κ1) is 16.8. The van der Waals surface area contributed by atoms with Gasteiger partial charge in [0.05, 0.1) is 6.20 Å². The van der Waals surface area contributed by atoms with E-state index in [1.165, 1.54) is 18.3 Å². The fourth-order valence-corrected chi connectivity index (χ4v) is 4.37. The van der Waals surface area contributed by atoms with Crippen molar-refractivity contribution in [3.63, 3.8) is 0 Å². The van der Waals surface area contributed by atoms with E-state index in [-0.39, 0.29) is 10.0 Å². The van der Waals surface area contributed by atoms with Crippen LogP contribution in [-0.2, 0) is 16.4 Å². The molecule has 0 amide bonds. The van der Waals surface area contributed by atoms with Gasteiger partial charge in [0, 0.05) is 12.1 Å². The van der Waals surface area contributed by atoms with E-state index in [1.54, 1.807) is 12.1 Å². The number of hydrogen-bond donors (Lipinski definition) is 1. The third kappa shape index (κ3) is 4.05. The van der Waals surface area contributed by atoms with Gasteiger partial charge < -0.3 is 0 Å². The molecule has 1 N–H and O–H groups in total. The van der Waals surface area contributed by atoms with Gasteiger partial charge in [-0.2, -0.15) is 0 Å². The minimum Gasteiger partial charge on any atom is -0.243 e. The summed E-state index contributed by atoms with van der Waals surface area (Å²) in [5.74, 6) is -0.342. The molecule has 0 fully saturated rings. The molecule has 0 spiro atoms. The zero-order valence-corrected chi connectivity index (χ0v) is 14.3. The van der Waals surface area contributed by atoms with Crippen LogP contribution in [-0.4, -0.2) is 19.9 Å². The van der Waals surface area contributed by atoms with Gasteiger partial charge >= 0.3 is 0 Å². The number of nitrogens with one attached hydrogen (secondary N) is 1. The first-order chi connectivity index (χ1) is 11.5. The molecule has 0 saturated carbocycles. The lowest BCUT2D eigenvalue weighted by Crippen LogP contribution is -2.25. The largest absolute Gasteiger partial charge is 0.251 e. The summed E-state index contributed by atoms with van der Waals surface area (Å²) in [4.78, 5) is 4.13. The molecule has 1 heterocycles. The number of nitrogens with zero attached hydrogens (tertiary/aromatic N) is 1. The normalized spacial score (nSPS) is 11.5. The highest BCUT2D eigenvalue weighted by Crippen LogP contribution is 2.27. The number of aromatic nitrogens is 1. The first-order valence-corrected chi connectivity index (χ1v) is 9.60. The Labute approximate surface area is 144 Å². The van der Waals surface area contributed by atoms with Crippen molar-refractivity contribution in [3.8, 4) is 10.6 Å². The predicted octanol–water partition coefficient (Wildman–Crippen LogP) is 3.47. The van der Waals surface area contributed by atoms with Crippen LogP contribution < -0.4 is 4.72 Å². The van der Waals surface area contributed by atoms with Gasteiger partial charge in [0.1, 0.15) is 10.8 Å². The Morgan fingerprint density at radius 2 is 1.75 bits per heavy atom. The van der Waals surface area contributed by atoms with Gasteiger partial charge in [-0.05, 0) is 36.2 Å². The molecule has 0 radical (unpaired) electrons. The summed E-state index contributed by atoms with van der Waals surface area (Å²) in [7, 11) is -3.59. The van der Waals surface area contributed by atoms with E-state index in [9.17, 15) is 12.8 Å². The summed E-state index contributed by atoms with van der Waals surface area (Å²) in [6.07, 6.45) is 1.94. The third-order valence-corrected chi connectivity index (χ3v) is 6.36. The molecule has 0 aliphatic carbocycles. The standard InChI is InChI=1S/C17H15FN2O2S2/c18-15-8-6-14(7-9-15)17-19-12-16(23-17)24(21,22)20-11-10-13-4-2-1-3-5-13/h1-9,12,20H,10-11H2. The minimum atomic E-state index is -3.59. The Balaban J connectivity index is 1.68. The van der Waals surface area contributed by atoms with Crippen LogP contribution >= 0.6 is 11.3 Å². The Hall–Kier alpha value is -2.09. The maximum absolute atomic E-state index is 13.0. The van der Waals surface area contributed by atoms with Crippen LogP contribution in [0.1, 0.15) is 5.56 Å². The highest BCUT2D eigenvalue weighted by molar-refractivity contribution is 7.91. The molecule has 24 heavy (non-hydrogen) atoms. The fraction of sp³-hybridized carbons (Fsp3) is 0.118. The predicted molar refractivity (Wildman–Crippen MR) is 92.8 cm³/mol. The highest BCUT2D eigenvalue weighted by Gasteiger charge is 2.18. The summed E-state index contributed by atoms with van der Waals surface area (Å²) >= 11 is 1.06. The smallest absolute Gasteiger partial charge is 0.243 e. The molecule has 7 heteroatoms. The number of rotatable bonds is 6. The molecule has 4 nitrogen and oxygen atoms in total. The summed E-state index contributed by atoms with van der Waals surface area (Å²) < 4.78 is 40.3. The molecule has 1 aromatic heterocycles. The zero-order valence-electron chi connectivity index (χ0n) is 12.6. The second kappa shape index (κ2) is 7.21. The Morgan fingerprint density at radius 3 is 2.46 bits per heavy atom. The quantitative estimate of drug-likeness (QED) is 0.730. The van der Waals surface area contributed by atoms with Crippen molar-refractivity contribution < 1.29 is 12.8 Å². The van der Waals surface area contributed by atoms with Crippen LogP contribution in [0.4, 0.5) is 4.39 Å². The van der Waals surface area contributed by atoms with Gasteiger partial charge in [-0.3, -0.25) is 0 Å². The zero-order chi connectivity index (χ0) is 17.0. The second-order valence-corrected chi connectivity index (χ2v) is 8.15. The van der Waals surface area contributed by atoms with Crippen LogP contribution in [0.5, 0.6) is 0 Å². The number of benzene rings is 2. The number of halogens is 1. The Kier molecular flexibility index (Phi) is 5.03. The number of hydrogen-bond acceptors (Lipinski definition) is 4. The molecule has 0 atom stereocenters. The molecule has 3 aromatic rings. The summed E-state index contributed by atoms with van der Waals surface area (Å²) in [6.45, 7) is 0.316. The molecule has 0 bridgehead atoms. The second-order valence-electron chi connectivity index (χ2n) is 5.12. The van der Waals surface area contributed by atoms with E-state index in [0.717, 1.165) is 16.9 Å². The van der Waals surface area contributed by atoms with Crippen LogP contribution in [0, 0.1) is 5.82 Å². The Bertz CT molecular complexity index is 907. The average Bonchev–Trinajstić information content (AvgIpc) is 3.07. The fourth-order valence-electron chi connectivity index (χ4n) is 2.16. The third-order valence-electron chi connectivity index (χ3n) is 3.39. The maximum Gasteiger partial charge on any atom is 0.251 e. The van der Waals surface area contributed by atoms with E-state index in [1.807, 2.05) is 30.3 Å². The lowest BCUT2D eigenvalue weighted by molar-refractivity contribution is 0.583. The molecule has 124 valence electrons. The van der Waals surface area contributed by atoms with Crippen molar-refractivity contribution in [2.45, 2.75) is 10.6 Å². The van der Waals surface area contributed by atoms with E-state index >= 15 is 0 Å². The number of sulfonamides is 1. The van der Waals surface area contributed by atoms with Crippen LogP contribution in [0.15, 0.2) is 65.0 Å². The topological polar surface area (TPSA) is 59.1 Å². The maximum atomic E-state index is 13.0. The molecule has 0 aliphatic heterocycles. The first-order valence-electron chi connectivity index (χ1n) is 7.30. The molecule has 0 unspecified atom stereocenters. The monoisotopic (exact) mass is 362 g/mol. The van der Waals surface area contributed by atoms with Gasteiger partial charge in [-0.1, -0.05) is 30.3 Å². The lowest BCUT2D eigenvalue weighted by Gasteiger charge is -2.04. The van der Waals surface area contributed by atoms with Gasteiger partial charge in [0.15, 0.2) is 4.21 Å². The van der Waals surface area contributed by atoms with E-state index < -0.39 is 10.0 Å². The summed E-state index contributed by atoms with van der Waals surface area (Å²) in [6, 6.07) is 15.5. The molecule has 0 saturated heterocycles. The van der Waals surface area contributed by atoms with Gasteiger partial charge in [0.2, 0.25) is 0 Å². The summed E-state index contributed by atoms with van der Waals surface area (Å²) in [5.41, 5.74) is 1.75. The highest BCUT2D eigenvalue weighted by atomic mass is 32.2. The Morgan fingerprint density at radius 1 is 1.04 bits per heavy atom. The molecule has 0 aliphatic rings. The van der Waals surface area contributed by atoms with E-state index in [4.69, 9.17) is 0 Å². The van der Waals surface area contributed by atoms with Crippen molar-refractivity contribution >= 4 is 21.4 Å². The van der Waals surface area contributed by atoms with E-state index in [2.05, 4.69) is 9.71 Å². The molecule has 2 aromatic carbocycles. The summed E-state index contributed by atoms with van der Waals surface area (Å²) in [5, 5.41) is 0.540. The number of thiazole rings is 1. The van der Waals surface area contributed by atoms with Crippen molar-refractivity contribution in [2.75, 3.05) is 6.54 Å². The van der Waals surface area contributed by atoms with Gasteiger partial charge in [-0.25, -0.2) is 22.5 Å². The van der Waals surface area contributed by atoms with Crippen molar-refractivity contribution in [3.05, 3.63) is 72.2 Å². The lowest BCUT2D eigenvalue weighted by atomic mass is 10.2. The molecule has 3 rings (SSSR count). The van der Waals surface area contributed by atoms with Crippen molar-refractivity contribution in [2.24, 2.45) is 0 Å². The van der Waals surface area contributed by atoms with Crippen LogP contribution in [0.2, 0.25) is 0 Å². The minimum absolute atomic E-state index is 0.148. The molecular formula is C17H15FN2O2S2. The van der Waals surface area contributed by atoms with Crippen molar-refractivity contribution in [1.82, 2.24) is 9.71 Å². The SMILES string of the molecule is O=S(=O)(NCCc1ccccc1)c1cnc(-c2ccc(F)cc2)s1. The van der Waals surface area contributed by atoms with Gasteiger partial charge in [0.25, 0.3) is 10.0 Å². The average molecular weight is 362 g/mol. The van der Waals surface area contributed by atoms with E-state index in [0.29, 0.717) is 23.5 Å². The van der Waals surface area contributed by atoms with Crippen molar-refractivity contribution in [1.29, 1.82) is 0 Å².